The highest BCUT2D eigenvalue weighted by molar-refractivity contribution is 7.87. The topological polar surface area (TPSA) is 164 Å². The Labute approximate surface area is 168 Å². The standard InChI is InChI=1S/C17H14FN5O6S/c18-12-3-1-2-4-13(12)21-17(26)20-10-5-7-11(8-6-10)23(30(27,28)29)14-9-19-16(25)22-15(14)24/h1-9H,(H2,20,21,26)(H,27,28,29)(H2,19,22,24,25). The molecular weight excluding hydrogens is 421 g/mol. The second-order valence-electron chi connectivity index (χ2n) is 5.81. The van der Waals surface area contributed by atoms with Crippen molar-refractivity contribution in [2.75, 3.05) is 14.9 Å². The lowest BCUT2D eigenvalue weighted by molar-refractivity contribution is 0.262. The molecule has 3 aromatic rings. The van der Waals surface area contributed by atoms with E-state index in [4.69, 9.17) is 0 Å². The number of anilines is 4. The van der Waals surface area contributed by atoms with Gasteiger partial charge in [0.05, 0.1) is 11.4 Å². The molecule has 0 aliphatic heterocycles. The van der Waals surface area contributed by atoms with Crippen LogP contribution in [0, 0.1) is 5.82 Å². The predicted octanol–water partition coefficient (Wildman–Crippen LogP) is 1.79. The number of benzene rings is 2. The molecule has 1 heterocycles. The second kappa shape index (κ2) is 8.18. The molecule has 0 saturated carbocycles. The van der Waals surface area contributed by atoms with Crippen LogP contribution in [0.5, 0.6) is 0 Å². The molecular formula is C17H14FN5O6S. The number of amides is 2. The van der Waals surface area contributed by atoms with E-state index < -0.39 is 39.1 Å². The van der Waals surface area contributed by atoms with Crippen molar-refractivity contribution in [3.05, 3.63) is 81.4 Å². The first-order chi connectivity index (χ1) is 14.1. The van der Waals surface area contributed by atoms with Crippen LogP contribution >= 0.6 is 0 Å². The van der Waals surface area contributed by atoms with Gasteiger partial charge in [0.25, 0.3) is 5.56 Å². The first kappa shape index (κ1) is 20.8. The van der Waals surface area contributed by atoms with Gasteiger partial charge >= 0.3 is 22.0 Å². The number of hydrogen-bond acceptors (Lipinski definition) is 5. The van der Waals surface area contributed by atoms with Gasteiger partial charge in [-0.25, -0.2) is 18.3 Å². The lowest BCUT2D eigenvalue weighted by Gasteiger charge is -2.20. The summed E-state index contributed by atoms with van der Waals surface area (Å²) in [5, 5.41) is 4.73. The maximum absolute atomic E-state index is 13.6. The third-order valence-electron chi connectivity index (χ3n) is 3.73. The van der Waals surface area contributed by atoms with Gasteiger partial charge in [0.1, 0.15) is 11.5 Å². The number of urea groups is 1. The third kappa shape index (κ3) is 4.71. The number of aromatic amines is 2. The number of para-hydroxylation sites is 1. The van der Waals surface area contributed by atoms with Crippen LogP contribution in [0.15, 0.2) is 64.3 Å². The largest absolute Gasteiger partial charge is 0.364 e. The number of nitrogens with zero attached hydrogens (tertiary/aromatic N) is 1. The Balaban J connectivity index is 1.84. The molecule has 0 fully saturated rings. The summed E-state index contributed by atoms with van der Waals surface area (Å²) in [5.41, 5.74) is -2.47. The minimum Gasteiger partial charge on any atom is -0.312 e. The maximum Gasteiger partial charge on any atom is 0.364 e. The summed E-state index contributed by atoms with van der Waals surface area (Å²) in [7, 11) is -4.94. The van der Waals surface area contributed by atoms with Gasteiger partial charge in [-0.05, 0) is 36.4 Å². The summed E-state index contributed by atoms with van der Waals surface area (Å²) in [6, 6.07) is 9.74. The normalized spacial score (nSPS) is 11.0. The fraction of sp³-hybridized carbons (Fsp3) is 0. The molecule has 11 nitrogen and oxygen atoms in total. The van der Waals surface area contributed by atoms with Crippen molar-refractivity contribution >= 4 is 39.1 Å². The molecule has 2 amide bonds. The van der Waals surface area contributed by atoms with E-state index in [0.29, 0.717) is 4.31 Å². The molecule has 5 N–H and O–H groups in total. The zero-order valence-corrected chi connectivity index (χ0v) is 15.7. The number of rotatable bonds is 5. The number of H-pyrrole nitrogens is 2. The highest BCUT2D eigenvalue weighted by Gasteiger charge is 2.25. The molecule has 30 heavy (non-hydrogen) atoms. The average Bonchev–Trinajstić information content (AvgIpc) is 2.66. The Morgan fingerprint density at radius 1 is 1.03 bits per heavy atom. The van der Waals surface area contributed by atoms with Gasteiger partial charge in [0, 0.05) is 11.9 Å². The summed E-state index contributed by atoms with van der Waals surface area (Å²) < 4.78 is 47.0. The molecule has 0 atom stereocenters. The first-order valence-electron chi connectivity index (χ1n) is 8.17. The molecule has 2 aromatic carbocycles. The van der Waals surface area contributed by atoms with E-state index in [0.717, 1.165) is 6.20 Å². The third-order valence-corrected chi connectivity index (χ3v) is 4.60. The summed E-state index contributed by atoms with van der Waals surface area (Å²) in [5.74, 6) is -0.627. The van der Waals surface area contributed by atoms with Gasteiger partial charge in [0.15, 0.2) is 0 Å². The van der Waals surface area contributed by atoms with Crippen molar-refractivity contribution < 1.29 is 22.2 Å². The Hall–Kier alpha value is -3.97. The quantitative estimate of drug-likeness (QED) is 0.383. The minimum atomic E-state index is -4.94. The van der Waals surface area contributed by atoms with Crippen LogP contribution in [0.25, 0.3) is 0 Å². The van der Waals surface area contributed by atoms with E-state index in [2.05, 4.69) is 15.6 Å². The van der Waals surface area contributed by atoms with Crippen LogP contribution < -0.4 is 26.2 Å². The molecule has 0 saturated heterocycles. The Bertz CT molecular complexity index is 1300. The fourth-order valence-corrected chi connectivity index (χ4v) is 3.25. The zero-order chi connectivity index (χ0) is 21.9. The molecule has 0 aliphatic carbocycles. The van der Waals surface area contributed by atoms with Crippen LogP contribution in [0.1, 0.15) is 0 Å². The Kier molecular flexibility index (Phi) is 5.66. The van der Waals surface area contributed by atoms with Gasteiger partial charge in [-0.15, -0.1) is 0 Å². The van der Waals surface area contributed by atoms with Crippen LogP contribution in [0.3, 0.4) is 0 Å². The van der Waals surface area contributed by atoms with E-state index in [1.807, 2.05) is 4.98 Å². The molecule has 0 unspecified atom stereocenters. The SMILES string of the molecule is O=C(Nc1ccc(N(c2c[nH]c(=O)[nH]c2=O)S(=O)(=O)O)cc1)Nc1ccccc1F. The first-order valence-corrected chi connectivity index (χ1v) is 9.57. The van der Waals surface area contributed by atoms with Crippen LogP contribution in [-0.2, 0) is 10.3 Å². The van der Waals surface area contributed by atoms with Crippen LogP contribution in [0.2, 0.25) is 0 Å². The number of carbonyl (C=O) groups is 1. The lowest BCUT2D eigenvalue weighted by atomic mass is 10.2. The summed E-state index contributed by atoms with van der Waals surface area (Å²) in [4.78, 5) is 39.0. The predicted molar refractivity (Wildman–Crippen MR) is 107 cm³/mol. The van der Waals surface area contributed by atoms with Gasteiger partial charge in [-0.1, -0.05) is 12.1 Å². The van der Waals surface area contributed by atoms with Gasteiger partial charge in [-0.3, -0.25) is 14.3 Å². The number of nitrogens with one attached hydrogen (secondary N) is 4. The summed E-state index contributed by atoms with van der Waals surface area (Å²) in [6.07, 6.45) is 0.822. The molecule has 1 aromatic heterocycles. The fourth-order valence-electron chi connectivity index (χ4n) is 2.48. The number of aromatic nitrogens is 2. The highest BCUT2D eigenvalue weighted by atomic mass is 32.2. The van der Waals surface area contributed by atoms with Gasteiger partial charge in [0.2, 0.25) is 0 Å². The van der Waals surface area contributed by atoms with E-state index in [1.54, 1.807) is 0 Å². The van der Waals surface area contributed by atoms with Crippen LogP contribution in [0.4, 0.5) is 31.9 Å². The monoisotopic (exact) mass is 435 g/mol. The van der Waals surface area contributed by atoms with Crippen molar-refractivity contribution in [3.8, 4) is 0 Å². The molecule has 0 bridgehead atoms. The molecule has 156 valence electrons. The van der Waals surface area contributed by atoms with Crippen molar-refractivity contribution in [1.82, 2.24) is 9.97 Å². The molecule has 0 aliphatic rings. The van der Waals surface area contributed by atoms with Crippen molar-refractivity contribution in [2.45, 2.75) is 0 Å². The molecule has 13 heteroatoms. The smallest absolute Gasteiger partial charge is 0.312 e. The Morgan fingerprint density at radius 3 is 2.30 bits per heavy atom. The van der Waals surface area contributed by atoms with E-state index in [1.165, 1.54) is 48.5 Å². The summed E-state index contributed by atoms with van der Waals surface area (Å²) >= 11 is 0. The Morgan fingerprint density at radius 2 is 1.70 bits per heavy atom. The van der Waals surface area contributed by atoms with E-state index in [9.17, 15) is 31.7 Å². The van der Waals surface area contributed by atoms with Crippen molar-refractivity contribution in [1.29, 1.82) is 0 Å². The second-order valence-corrected chi connectivity index (χ2v) is 7.07. The lowest BCUT2D eigenvalue weighted by Crippen LogP contribution is -2.33. The van der Waals surface area contributed by atoms with Crippen molar-refractivity contribution in [3.63, 3.8) is 0 Å². The van der Waals surface area contributed by atoms with Crippen LogP contribution in [-0.4, -0.2) is 29.0 Å². The molecule has 3 rings (SSSR count). The van der Waals surface area contributed by atoms with Gasteiger partial charge < -0.3 is 15.6 Å². The highest BCUT2D eigenvalue weighted by Crippen LogP contribution is 2.26. The number of hydrogen-bond donors (Lipinski definition) is 5. The van der Waals surface area contributed by atoms with Gasteiger partial charge in [-0.2, -0.15) is 8.42 Å². The average molecular weight is 435 g/mol. The number of halogens is 1. The molecule has 0 radical (unpaired) electrons. The van der Waals surface area contributed by atoms with E-state index in [-0.39, 0.29) is 17.1 Å². The minimum absolute atomic E-state index is 0.0403. The zero-order valence-electron chi connectivity index (χ0n) is 14.9. The van der Waals surface area contributed by atoms with E-state index >= 15 is 0 Å². The summed E-state index contributed by atoms with van der Waals surface area (Å²) in [6.45, 7) is 0. The number of carbonyl (C=O) groups excluding carboxylic acids is 1. The molecule has 0 spiro atoms. The van der Waals surface area contributed by atoms with Crippen molar-refractivity contribution in [2.24, 2.45) is 0 Å². The maximum atomic E-state index is 13.6.